The maximum absolute atomic E-state index is 12.2. The monoisotopic (exact) mass is 337 g/mol. The molecule has 3 aromatic rings. The molecule has 3 rings (SSSR count). The Morgan fingerprint density at radius 2 is 1.92 bits per heavy atom. The number of amides is 1. The fourth-order valence-corrected chi connectivity index (χ4v) is 2.79. The number of aromatic hydroxyl groups is 2. The summed E-state index contributed by atoms with van der Waals surface area (Å²) in [6, 6.07) is 11.9. The lowest BCUT2D eigenvalue weighted by Gasteiger charge is -2.04. The van der Waals surface area contributed by atoms with Gasteiger partial charge in [-0.3, -0.25) is 4.79 Å². The third kappa shape index (κ3) is 3.10. The number of para-hydroxylation sites is 1. The Labute approximate surface area is 145 Å². The lowest BCUT2D eigenvalue weighted by atomic mass is 10.1. The highest BCUT2D eigenvalue weighted by Crippen LogP contribution is 2.39. The summed E-state index contributed by atoms with van der Waals surface area (Å²) < 4.78 is 1.76. The minimum absolute atomic E-state index is 0.0173. The fraction of sp³-hybridized carbons (Fsp3) is 0.211. The van der Waals surface area contributed by atoms with E-state index in [-0.39, 0.29) is 22.9 Å². The number of benzene rings is 2. The zero-order valence-electron chi connectivity index (χ0n) is 14.1. The maximum Gasteiger partial charge on any atom is 0.299 e. The van der Waals surface area contributed by atoms with Gasteiger partial charge in [0, 0.05) is 11.9 Å². The lowest BCUT2D eigenvalue weighted by Crippen LogP contribution is -1.95. The number of azo groups is 1. The number of aryl methyl sites for hydroxylation is 2. The van der Waals surface area contributed by atoms with E-state index in [1.165, 1.54) is 12.1 Å². The molecule has 2 aromatic carbocycles. The summed E-state index contributed by atoms with van der Waals surface area (Å²) in [7, 11) is 0. The van der Waals surface area contributed by atoms with E-state index < -0.39 is 5.91 Å². The van der Waals surface area contributed by atoms with E-state index in [4.69, 9.17) is 0 Å². The Balaban J connectivity index is 2.06. The molecule has 1 aromatic heterocycles. The van der Waals surface area contributed by atoms with Crippen molar-refractivity contribution in [1.82, 2.24) is 4.57 Å². The molecule has 6 nitrogen and oxygen atoms in total. The topological polar surface area (TPSA) is 87.2 Å². The zero-order chi connectivity index (χ0) is 18.0. The second-order valence-electron chi connectivity index (χ2n) is 5.87. The molecule has 128 valence electrons. The van der Waals surface area contributed by atoms with Crippen molar-refractivity contribution < 1.29 is 15.0 Å². The maximum atomic E-state index is 12.2. The SMILES string of the molecule is CCCn1c(O)c(N=NC(=O)c2ccccc2O)c2cc(C)ccc21. The van der Waals surface area contributed by atoms with Gasteiger partial charge in [0.1, 0.15) is 5.75 Å². The van der Waals surface area contributed by atoms with Crippen molar-refractivity contribution in [3.05, 3.63) is 53.6 Å². The van der Waals surface area contributed by atoms with Gasteiger partial charge in [0.2, 0.25) is 5.88 Å². The number of nitrogens with zero attached hydrogens (tertiary/aromatic N) is 3. The summed E-state index contributed by atoms with van der Waals surface area (Å²) in [5.74, 6) is -0.835. The Morgan fingerprint density at radius 3 is 2.64 bits per heavy atom. The van der Waals surface area contributed by atoms with Crippen LogP contribution in [0.1, 0.15) is 29.3 Å². The lowest BCUT2D eigenvalue weighted by molar-refractivity contribution is 0.0992. The molecule has 0 unspecified atom stereocenters. The Bertz CT molecular complexity index is 973. The molecule has 0 aliphatic carbocycles. The average molecular weight is 337 g/mol. The van der Waals surface area contributed by atoms with Crippen molar-refractivity contribution in [1.29, 1.82) is 0 Å². The van der Waals surface area contributed by atoms with Gasteiger partial charge in [0.15, 0.2) is 5.69 Å². The van der Waals surface area contributed by atoms with E-state index in [9.17, 15) is 15.0 Å². The number of phenolic OH excluding ortho intramolecular Hbond substituents is 1. The fourth-order valence-electron chi connectivity index (χ4n) is 2.79. The van der Waals surface area contributed by atoms with E-state index in [1.807, 2.05) is 32.0 Å². The van der Waals surface area contributed by atoms with E-state index in [1.54, 1.807) is 16.7 Å². The Morgan fingerprint density at radius 1 is 1.16 bits per heavy atom. The van der Waals surface area contributed by atoms with Crippen molar-refractivity contribution in [3.8, 4) is 11.6 Å². The van der Waals surface area contributed by atoms with Crippen molar-refractivity contribution in [2.45, 2.75) is 26.8 Å². The van der Waals surface area contributed by atoms with E-state index in [0.717, 1.165) is 22.9 Å². The molecule has 0 saturated carbocycles. The van der Waals surface area contributed by atoms with Crippen LogP contribution >= 0.6 is 0 Å². The van der Waals surface area contributed by atoms with E-state index >= 15 is 0 Å². The van der Waals surface area contributed by atoms with Crippen LogP contribution in [0.25, 0.3) is 10.9 Å². The van der Waals surface area contributed by atoms with Crippen LogP contribution in [0.3, 0.4) is 0 Å². The molecular formula is C19H19N3O3. The molecule has 1 heterocycles. The van der Waals surface area contributed by atoms with Gasteiger partial charge in [-0.05, 0) is 37.6 Å². The van der Waals surface area contributed by atoms with Gasteiger partial charge < -0.3 is 14.8 Å². The number of carbonyl (C=O) groups is 1. The molecule has 1 amide bonds. The molecule has 0 aliphatic heterocycles. The van der Waals surface area contributed by atoms with Gasteiger partial charge in [-0.1, -0.05) is 30.7 Å². The van der Waals surface area contributed by atoms with Crippen molar-refractivity contribution in [2.24, 2.45) is 10.2 Å². The standard InChI is InChI=1S/C19H19N3O3/c1-3-10-22-15-9-8-12(2)11-14(15)17(19(22)25)20-21-18(24)13-6-4-5-7-16(13)23/h4-9,11,23,25H,3,10H2,1-2H3. The first-order valence-electron chi connectivity index (χ1n) is 8.08. The molecule has 25 heavy (non-hydrogen) atoms. The molecule has 0 spiro atoms. The first kappa shape index (κ1) is 16.7. The summed E-state index contributed by atoms with van der Waals surface area (Å²) in [5, 5.41) is 28.7. The van der Waals surface area contributed by atoms with Crippen LogP contribution in [0.2, 0.25) is 0 Å². The second kappa shape index (κ2) is 6.76. The Kier molecular flexibility index (Phi) is 4.52. The van der Waals surface area contributed by atoms with E-state index in [2.05, 4.69) is 10.2 Å². The summed E-state index contributed by atoms with van der Waals surface area (Å²) in [6.07, 6.45) is 0.846. The highest BCUT2D eigenvalue weighted by Gasteiger charge is 2.17. The molecule has 0 saturated heterocycles. The third-order valence-corrected chi connectivity index (χ3v) is 3.99. The van der Waals surface area contributed by atoms with Crippen LogP contribution in [-0.2, 0) is 6.54 Å². The summed E-state index contributed by atoms with van der Waals surface area (Å²) in [6.45, 7) is 4.60. The van der Waals surface area contributed by atoms with E-state index in [0.29, 0.717) is 6.54 Å². The first-order valence-corrected chi connectivity index (χ1v) is 8.08. The highest BCUT2D eigenvalue weighted by molar-refractivity contribution is 5.99. The predicted octanol–water partition coefficient (Wildman–Crippen LogP) is 4.70. The van der Waals surface area contributed by atoms with Gasteiger partial charge >= 0.3 is 0 Å². The van der Waals surface area contributed by atoms with Gasteiger partial charge in [-0.25, -0.2) is 0 Å². The van der Waals surface area contributed by atoms with Gasteiger partial charge in [0.05, 0.1) is 11.1 Å². The van der Waals surface area contributed by atoms with Crippen LogP contribution in [0.5, 0.6) is 11.6 Å². The quantitative estimate of drug-likeness (QED) is 0.677. The molecule has 6 heteroatoms. The second-order valence-corrected chi connectivity index (χ2v) is 5.87. The number of aromatic nitrogens is 1. The third-order valence-electron chi connectivity index (χ3n) is 3.99. The average Bonchev–Trinajstić information content (AvgIpc) is 2.85. The molecule has 0 atom stereocenters. The minimum atomic E-state index is -0.665. The number of rotatable bonds is 4. The molecule has 0 radical (unpaired) electrons. The van der Waals surface area contributed by atoms with Crippen molar-refractivity contribution in [3.63, 3.8) is 0 Å². The Hall–Kier alpha value is -3.15. The number of phenols is 1. The number of hydrogen-bond acceptors (Lipinski definition) is 4. The van der Waals surface area contributed by atoms with Gasteiger partial charge in [-0.2, -0.15) is 0 Å². The zero-order valence-corrected chi connectivity index (χ0v) is 14.1. The van der Waals surface area contributed by atoms with Crippen LogP contribution in [0.15, 0.2) is 52.7 Å². The van der Waals surface area contributed by atoms with Crippen LogP contribution in [-0.4, -0.2) is 20.7 Å². The van der Waals surface area contributed by atoms with Crippen molar-refractivity contribution >= 4 is 22.5 Å². The van der Waals surface area contributed by atoms with Crippen LogP contribution in [0.4, 0.5) is 5.69 Å². The smallest absolute Gasteiger partial charge is 0.299 e. The highest BCUT2D eigenvalue weighted by atomic mass is 16.3. The summed E-state index contributed by atoms with van der Waals surface area (Å²) in [4.78, 5) is 12.2. The first-order chi connectivity index (χ1) is 12.0. The predicted molar refractivity (Wildman–Crippen MR) is 95.6 cm³/mol. The number of hydrogen-bond donors (Lipinski definition) is 2. The molecule has 0 fully saturated rings. The summed E-state index contributed by atoms with van der Waals surface area (Å²) in [5.41, 5.74) is 2.19. The van der Waals surface area contributed by atoms with Crippen LogP contribution < -0.4 is 0 Å². The van der Waals surface area contributed by atoms with Gasteiger partial charge in [-0.15, -0.1) is 10.2 Å². The largest absolute Gasteiger partial charge is 0.507 e. The molecule has 2 N–H and O–H groups in total. The minimum Gasteiger partial charge on any atom is -0.507 e. The van der Waals surface area contributed by atoms with Crippen LogP contribution in [0, 0.1) is 6.92 Å². The molecule has 0 aliphatic rings. The normalized spacial score (nSPS) is 11.4. The van der Waals surface area contributed by atoms with Crippen molar-refractivity contribution in [2.75, 3.05) is 0 Å². The number of fused-ring (bicyclic) bond motifs is 1. The van der Waals surface area contributed by atoms with Gasteiger partial charge in [0.25, 0.3) is 5.91 Å². The number of carbonyl (C=O) groups excluding carboxylic acids is 1. The molecule has 0 bridgehead atoms. The molecular weight excluding hydrogens is 318 g/mol. The summed E-state index contributed by atoms with van der Waals surface area (Å²) >= 11 is 0.